The number of carbonyl (C=O) groups is 1. The molecule has 1 aromatic carbocycles. The first-order valence-electron chi connectivity index (χ1n) is 6.24. The van der Waals surface area contributed by atoms with Crippen LogP contribution in [0.5, 0.6) is 17.2 Å². The Bertz CT molecular complexity index is 658. The van der Waals surface area contributed by atoms with E-state index in [0.717, 1.165) is 0 Å². The number of pyridine rings is 1. The van der Waals surface area contributed by atoms with Gasteiger partial charge in [0.05, 0.1) is 11.3 Å². The van der Waals surface area contributed by atoms with Crippen molar-refractivity contribution in [3.05, 3.63) is 47.8 Å². The van der Waals surface area contributed by atoms with E-state index < -0.39 is 0 Å². The molecule has 0 bridgehead atoms. The van der Waals surface area contributed by atoms with Gasteiger partial charge in [-0.2, -0.15) is 0 Å². The fourth-order valence-corrected chi connectivity index (χ4v) is 1.85. The molecule has 0 atom stereocenters. The van der Waals surface area contributed by atoms with Crippen LogP contribution in [0.1, 0.15) is 16.1 Å². The molecule has 3 rings (SSSR count). The largest absolute Gasteiger partial charge is 0.487 e. The first kappa shape index (κ1) is 13.2. The second-order valence-corrected chi connectivity index (χ2v) is 4.32. The van der Waals surface area contributed by atoms with E-state index in [4.69, 9.17) is 20.1 Å². The average Bonchev–Trinajstić information content (AvgIpc) is 3.00. The third kappa shape index (κ3) is 2.87. The van der Waals surface area contributed by atoms with E-state index in [9.17, 15) is 4.79 Å². The summed E-state index contributed by atoms with van der Waals surface area (Å²) in [5.74, 6) is 6.69. The van der Waals surface area contributed by atoms with Gasteiger partial charge in [0.15, 0.2) is 11.5 Å². The fraction of sp³-hybridized carbons (Fsp3) is 0.143. The maximum atomic E-state index is 11.3. The molecule has 0 unspecified atom stereocenters. The molecule has 2 aromatic rings. The molecule has 0 saturated heterocycles. The lowest BCUT2D eigenvalue weighted by molar-refractivity contribution is 0.0953. The summed E-state index contributed by atoms with van der Waals surface area (Å²) in [6.45, 7) is 0.509. The number of ether oxygens (including phenoxy) is 3. The van der Waals surface area contributed by atoms with E-state index in [2.05, 4.69) is 4.98 Å². The minimum absolute atomic E-state index is 0.227. The van der Waals surface area contributed by atoms with Crippen LogP contribution in [0.4, 0.5) is 0 Å². The molecule has 108 valence electrons. The zero-order valence-corrected chi connectivity index (χ0v) is 11.0. The predicted molar refractivity (Wildman–Crippen MR) is 72.8 cm³/mol. The van der Waals surface area contributed by atoms with Crippen molar-refractivity contribution in [2.24, 2.45) is 5.84 Å². The van der Waals surface area contributed by atoms with Crippen molar-refractivity contribution in [2.75, 3.05) is 6.79 Å². The van der Waals surface area contributed by atoms with Crippen LogP contribution in [0.3, 0.4) is 0 Å². The number of nitrogen functional groups attached to an aromatic ring is 1. The lowest BCUT2D eigenvalue weighted by atomic mass is 10.2. The van der Waals surface area contributed by atoms with Crippen molar-refractivity contribution in [3.63, 3.8) is 0 Å². The minimum atomic E-state index is -0.384. The molecule has 1 aliphatic heterocycles. The van der Waals surface area contributed by atoms with Crippen molar-refractivity contribution in [1.82, 2.24) is 10.4 Å². The molecule has 1 aliphatic rings. The Labute approximate surface area is 120 Å². The smallest absolute Gasteiger partial charge is 0.266 e. The maximum Gasteiger partial charge on any atom is 0.266 e. The highest BCUT2D eigenvalue weighted by Gasteiger charge is 2.13. The number of aromatic nitrogens is 1. The van der Waals surface area contributed by atoms with Crippen LogP contribution in [-0.4, -0.2) is 17.7 Å². The summed E-state index contributed by atoms with van der Waals surface area (Å²) in [5, 5.41) is 0. The first-order valence-corrected chi connectivity index (χ1v) is 6.24. The van der Waals surface area contributed by atoms with E-state index in [1.807, 2.05) is 5.43 Å². The summed E-state index contributed by atoms with van der Waals surface area (Å²) >= 11 is 0. The van der Waals surface area contributed by atoms with Crippen LogP contribution in [0.2, 0.25) is 0 Å². The quantitative estimate of drug-likeness (QED) is 0.494. The Morgan fingerprint density at radius 1 is 1.29 bits per heavy atom. The van der Waals surface area contributed by atoms with Crippen LogP contribution in [0.25, 0.3) is 0 Å². The van der Waals surface area contributed by atoms with Gasteiger partial charge in [-0.05, 0) is 24.3 Å². The zero-order chi connectivity index (χ0) is 14.7. The van der Waals surface area contributed by atoms with Gasteiger partial charge in [-0.15, -0.1) is 0 Å². The molecule has 7 nitrogen and oxygen atoms in total. The number of hydrogen-bond donors (Lipinski definition) is 2. The van der Waals surface area contributed by atoms with Crippen molar-refractivity contribution >= 4 is 5.91 Å². The Hall–Kier alpha value is -2.80. The molecular formula is C14H13N3O4. The van der Waals surface area contributed by atoms with Gasteiger partial charge in [-0.25, -0.2) is 5.84 Å². The number of nitrogens with one attached hydrogen (secondary N) is 1. The number of nitrogens with two attached hydrogens (primary N) is 1. The van der Waals surface area contributed by atoms with Crippen LogP contribution in [0.15, 0.2) is 36.5 Å². The number of carbonyl (C=O) groups excluding carboxylic acids is 1. The second kappa shape index (κ2) is 5.68. The number of fused-ring (bicyclic) bond motifs is 1. The van der Waals surface area contributed by atoms with Gasteiger partial charge in [-0.3, -0.25) is 15.2 Å². The van der Waals surface area contributed by atoms with E-state index >= 15 is 0 Å². The lowest BCUT2D eigenvalue weighted by Gasteiger charge is -2.07. The number of benzene rings is 1. The van der Waals surface area contributed by atoms with Gasteiger partial charge in [0.2, 0.25) is 6.79 Å². The van der Waals surface area contributed by atoms with Crippen LogP contribution in [0, 0.1) is 0 Å². The number of rotatable bonds is 4. The molecule has 0 saturated carbocycles. The summed E-state index contributed by atoms with van der Waals surface area (Å²) in [6, 6.07) is 8.69. The number of amides is 1. The minimum Gasteiger partial charge on any atom is -0.487 e. The molecule has 1 amide bonds. The Kier molecular flexibility index (Phi) is 3.57. The molecular weight excluding hydrogens is 274 g/mol. The van der Waals surface area contributed by atoms with E-state index in [1.54, 1.807) is 30.3 Å². The second-order valence-electron chi connectivity index (χ2n) is 4.32. The van der Waals surface area contributed by atoms with Crippen molar-refractivity contribution in [2.45, 2.75) is 6.61 Å². The number of hydrogen-bond acceptors (Lipinski definition) is 6. The monoisotopic (exact) mass is 287 g/mol. The van der Waals surface area contributed by atoms with Gasteiger partial charge in [0, 0.05) is 12.3 Å². The molecule has 7 heteroatoms. The number of hydrazine groups is 1. The summed E-state index contributed by atoms with van der Waals surface area (Å²) in [5.41, 5.74) is 3.13. The highest BCUT2D eigenvalue weighted by Crippen LogP contribution is 2.35. The number of nitrogens with zero attached hydrogens (tertiary/aromatic N) is 1. The highest BCUT2D eigenvalue weighted by atomic mass is 16.7. The lowest BCUT2D eigenvalue weighted by Crippen LogP contribution is -2.30. The third-order valence-corrected chi connectivity index (χ3v) is 2.95. The Morgan fingerprint density at radius 2 is 2.14 bits per heavy atom. The standard InChI is InChI=1S/C14H13N3O4/c15-17-14(18)9-1-2-10(16-6-9)7-19-11-3-4-12-13(5-11)21-8-20-12/h1-6H,7-8,15H2,(H,17,18). The zero-order valence-electron chi connectivity index (χ0n) is 11.0. The van der Waals surface area contributed by atoms with Crippen LogP contribution < -0.4 is 25.5 Å². The van der Waals surface area contributed by atoms with Gasteiger partial charge in [0.1, 0.15) is 12.4 Å². The summed E-state index contributed by atoms with van der Waals surface area (Å²) in [4.78, 5) is 15.4. The van der Waals surface area contributed by atoms with Gasteiger partial charge in [-0.1, -0.05) is 0 Å². The van der Waals surface area contributed by atoms with Crippen molar-refractivity contribution in [3.8, 4) is 17.2 Å². The normalized spacial score (nSPS) is 12.0. The SMILES string of the molecule is NNC(=O)c1ccc(COc2ccc3c(c2)OCO3)nc1. The molecule has 3 N–H and O–H groups in total. The van der Waals surface area contributed by atoms with E-state index in [-0.39, 0.29) is 19.3 Å². The molecule has 0 radical (unpaired) electrons. The summed E-state index contributed by atoms with van der Waals surface area (Å²) < 4.78 is 16.1. The molecule has 0 aliphatic carbocycles. The Balaban J connectivity index is 1.63. The maximum absolute atomic E-state index is 11.3. The average molecular weight is 287 g/mol. The first-order chi connectivity index (χ1) is 10.3. The Morgan fingerprint density at radius 3 is 2.90 bits per heavy atom. The van der Waals surface area contributed by atoms with E-state index in [0.29, 0.717) is 28.5 Å². The third-order valence-electron chi connectivity index (χ3n) is 2.95. The molecule has 2 heterocycles. The summed E-state index contributed by atoms with van der Waals surface area (Å²) in [6.07, 6.45) is 1.44. The summed E-state index contributed by atoms with van der Waals surface area (Å²) in [7, 11) is 0. The topological polar surface area (TPSA) is 95.7 Å². The van der Waals surface area contributed by atoms with Gasteiger partial charge in [0.25, 0.3) is 5.91 Å². The van der Waals surface area contributed by atoms with Gasteiger partial charge >= 0.3 is 0 Å². The van der Waals surface area contributed by atoms with E-state index in [1.165, 1.54) is 6.20 Å². The van der Waals surface area contributed by atoms with Crippen molar-refractivity contribution < 1.29 is 19.0 Å². The molecule has 0 spiro atoms. The fourth-order valence-electron chi connectivity index (χ4n) is 1.85. The van der Waals surface area contributed by atoms with Crippen LogP contribution >= 0.6 is 0 Å². The molecule has 21 heavy (non-hydrogen) atoms. The van der Waals surface area contributed by atoms with Crippen molar-refractivity contribution in [1.29, 1.82) is 0 Å². The predicted octanol–water partition coefficient (Wildman–Crippen LogP) is 0.993. The highest BCUT2D eigenvalue weighted by molar-refractivity contribution is 5.93. The molecule has 1 aromatic heterocycles. The van der Waals surface area contributed by atoms with Crippen LogP contribution in [-0.2, 0) is 6.61 Å². The van der Waals surface area contributed by atoms with Gasteiger partial charge < -0.3 is 14.2 Å². The molecule has 0 fully saturated rings.